The minimum Gasteiger partial charge on any atom is -0.406 e. The topological polar surface area (TPSA) is 73.9 Å². The smallest absolute Gasteiger partial charge is 0.406 e. The molecule has 2 saturated heterocycles. The van der Waals surface area contributed by atoms with E-state index in [9.17, 15) is 27.2 Å². The van der Waals surface area contributed by atoms with Crippen molar-refractivity contribution in [2.45, 2.75) is 43.9 Å². The molecule has 0 radical (unpaired) electrons. The highest BCUT2D eigenvalue weighted by molar-refractivity contribution is 7.98. The molecule has 1 unspecified atom stereocenters. The van der Waals surface area contributed by atoms with Gasteiger partial charge in [-0.3, -0.25) is 10.1 Å². The molecule has 7 nitrogen and oxygen atoms in total. The number of likely N-dealkylation sites (tertiary alicyclic amines) is 1. The fourth-order valence-corrected chi connectivity index (χ4v) is 5.20. The number of anilines is 1. The predicted octanol–water partition coefficient (Wildman–Crippen LogP) is 4.80. The van der Waals surface area contributed by atoms with Crippen LogP contribution in [0.15, 0.2) is 48.5 Å². The lowest BCUT2D eigenvalue weighted by molar-refractivity contribution is -0.274. The standard InChI is InChI=1S/C25H28F4N4O3S/c1-37-15-10-21-22(34)33(16-17-2-4-18(26)5-3-17)24(31-21)11-13-32(14-12-24)23(35)30-19-6-8-20(9-7-19)36-25(27,28)29/h2-9,21,31H,10-16H2,1H3,(H,30,35). The summed E-state index contributed by atoms with van der Waals surface area (Å²) in [7, 11) is 0. The van der Waals surface area contributed by atoms with Gasteiger partial charge in [0, 0.05) is 38.2 Å². The molecule has 0 aliphatic carbocycles. The van der Waals surface area contributed by atoms with Crippen LogP contribution in [0.25, 0.3) is 0 Å². The monoisotopic (exact) mass is 540 g/mol. The quantitative estimate of drug-likeness (QED) is 0.494. The number of halogens is 4. The molecule has 2 aliphatic rings. The number of carbonyl (C=O) groups is 2. The van der Waals surface area contributed by atoms with Crippen LogP contribution < -0.4 is 15.4 Å². The molecule has 200 valence electrons. The fraction of sp³-hybridized carbons (Fsp3) is 0.440. The van der Waals surface area contributed by atoms with Crippen LogP contribution in [0.3, 0.4) is 0 Å². The lowest BCUT2D eigenvalue weighted by Crippen LogP contribution is -2.59. The second-order valence-corrected chi connectivity index (χ2v) is 10.0. The molecule has 4 rings (SSSR count). The highest BCUT2D eigenvalue weighted by Crippen LogP contribution is 2.35. The molecule has 2 aliphatic heterocycles. The summed E-state index contributed by atoms with van der Waals surface area (Å²) in [5.41, 5.74) is 0.533. The number of ether oxygens (including phenoxy) is 1. The van der Waals surface area contributed by atoms with Crippen LogP contribution in [0.2, 0.25) is 0 Å². The van der Waals surface area contributed by atoms with Gasteiger partial charge in [0.25, 0.3) is 0 Å². The number of benzene rings is 2. The maximum atomic E-state index is 13.4. The molecule has 0 aromatic heterocycles. The summed E-state index contributed by atoms with van der Waals surface area (Å²) in [5, 5.41) is 6.22. The van der Waals surface area contributed by atoms with Crippen LogP contribution >= 0.6 is 11.8 Å². The van der Waals surface area contributed by atoms with Crippen LogP contribution in [0, 0.1) is 5.82 Å². The van der Waals surface area contributed by atoms with Crippen molar-refractivity contribution in [1.82, 2.24) is 15.1 Å². The number of alkyl halides is 3. The van der Waals surface area contributed by atoms with Crippen LogP contribution in [-0.4, -0.2) is 64.9 Å². The number of piperidine rings is 1. The number of hydrogen-bond acceptors (Lipinski definition) is 5. The number of hydrogen-bond donors (Lipinski definition) is 2. The molecule has 3 amide bonds. The van der Waals surface area contributed by atoms with Gasteiger partial charge in [-0.05, 0) is 60.4 Å². The van der Waals surface area contributed by atoms with Gasteiger partial charge in [-0.2, -0.15) is 11.8 Å². The number of nitrogens with zero attached hydrogens (tertiary/aromatic N) is 2. The number of amides is 3. The Morgan fingerprint density at radius 2 is 1.78 bits per heavy atom. The van der Waals surface area contributed by atoms with Crippen LogP contribution in [-0.2, 0) is 11.3 Å². The fourth-order valence-electron chi connectivity index (χ4n) is 4.73. The van der Waals surface area contributed by atoms with Gasteiger partial charge < -0.3 is 19.9 Å². The third-order valence-electron chi connectivity index (χ3n) is 6.61. The van der Waals surface area contributed by atoms with E-state index in [2.05, 4.69) is 15.4 Å². The van der Waals surface area contributed by atoms with Gasteiger partial charge >= 0.3 is 12.4 Å². The maximum Gasteiger partial charge on any atom is 0.573 e. The zero-order valence-corrected chi connectivity index (χ0v) is 21.0. The Bertz CT molecular complexity index is 1090. The second-order valence-electron chi connectivity index (χ2n) is 9.05. The Kier molecular flexibility index (Phi) is 8.17. The Balaban J connectivity index is 1.41. The molecule has 1 atom stereocenters. The number of nitrogens with one attached hydrogen (secondary N) is 2. The zero-order chi connectivity index (χ0) is 26.6. The molecule has 2 fully saturated rings. The van der Waals surface area contributed by atoms with Gasteiger partial charge in [0.05, 0.1) is 11.7 Å². The summed E-state index contributed by atoms with van der Waals surface area (Å²) in [5.74, 6) is 0.103. The lowest BCUT2D eigenvalue weighted by Gasteiger charge is -2.44. The first-order valence-corrected chi connectivity index (χ1v) is 13.2. The Hall–Kier alpha value is -2.99. The largest absolute Gasteiger partial charge is 0.573 e. The maximum absolute atomic E-state index is 13.4. The Labute approximate surface area is 216 Å². The average Bonchev–Trinajstić information content (AvgIpc) is 3.10. The summed E-state index contributed by atoms with van der Waals surface area (Å²) in [4.78, 5) is 29.6. The van der Waals surface area contributed by atoms with E-state index in [1.54, 1.807) is 28.8 Å². The summed E-state index contributed by atoms with van der Waals surface area (Å²) in [6, 6.07) is 10.3. The van der Waals surface area contributed by atoms with Gasteiger partial charge in [-0.15, -0.1) is 13.2 Å². The average molecular weight is 541 g/mol. The molecule has 37 heavy (non-hydrogen) atoms. The normalized spacial score (nSPS) is 19.4. The van der Waals surface area contributed by atoms with Crippen molar-refractivity contribution in [3.63, 3.8) is 0 Å². The summed E-state index contributed by atoms with van der Waals surface area (Å²) >= 11 is 1.66. The minimum absolute atomic E-state index is 0.00237. The van der Waals surface area contributed by atoms with Gasteiger partial charge in [-0.1, -0.05) is 12.1 Å². The van der Waals surface area contributed by atoms with Crippen molar-refractivity contribution >= 4 is 29.4 Å². The van der Waals surface area contributed by atoms with Gasteiger partial charge in [-0.25, -0.2) is 9.18 Å². The third-order valence-corrected chi connectivity index (χ3v) is 7.25. The van der Waals surface area contributed by atoms with Crippen molar-refractivity contribution in [2.75, 3.05) is 30.4 Å². The second kappa shape index (κ2) is 11.2. The van der Waals surface area contributed by atoms with E-state index in [1.165, 1.54) is 24.3 Å². The molecule has 2 heterocycles. The first kappa shape index (κ1) is 27.1. The van der Waals surface area contributed by atoms with E-state index < -0.39 is 12.0 Å². The number of carbonyl (C=O) groups excluding carboxylic acids is 2. The van der Waals surface area contributed by atoms with Crippen molar-refractivity contribution in [3.8, 4) is 5.75 Å². The first-order valence-electron chi connectivity index (χ1n) is 11.8. The molecule has 0 saturated carbocycles. The molecule has 2 aromatic carbocycles. The Morgan fingerprint density at radius 1 is 1.14 bits per heavy atom. The van der Waals surface area contributed by atoms with Gasteiger partial charge in [0.2, 0.25) is 5.91 Å². The SMILES string of the molecule is CSCCC1NC2(CCN(C(=O)Nc3ccc(OC(F)(F)F)cc3)CC2)N(Cc2ccc(F)cc2)C1=O. The van der Waals surface area contributed by atoms with E-state index in [4.69, 9.17) is 0 Å². The molecular weight excluding hydrogens is 512 g/mol. The molecule has 0 bridgehead atoms. The van der Waals surface area contributed by atoms with Crippen molar-refractivity contribution in [2.24, 2.45) is 0 Å². The van der Waals surface area contributed by atoms with E-state index in [0.717, 1.165) is 23.4 Å². The zero-order valence-electron chi connectivity index (χ0n) is 20.2. The van der Waals surface area contributed by atoms with E-state index in [0.29, 0.717) is 44.6 Å². The molecular formula is C25H28F4N4O3S. The predicted molar refractivity (Wildman–Crippen MR) is 133 cm³/mol. The first-order chi connectivity index (χ1) is 17.6. The summed E-state index contributed by atoms with van der Waals surface area (Å²) < 4.78 is 54.3. The summed E-state index contributed by atoms with van der Waals surface area (Å²) in [6.07, 6.45) is -1.12. The summed E-state index contributed by atoms with van der Waals surface area (Å²) in [6.45, 7) is 1.08. The number of thioether (sulfide) groups is 1. The molecule has 2 aromatic rings. The molecule has 2 N–H and O–H groups in total. The number of urea groups is 1. The lowest BCUT2D eigenvalue weighted by atomic mass is 9.95. The van der Waals surface area contributed by atoms with E-state index >= 15 is 0 Å². The third kappa shape index (κ3) is 6.67. The van der Waals surface area contributed by atoms with Crippen molar-refractivity contribution in [3.05, 3.63) is 59.9 Å². The van der Waals surface area contributed by atoms with Crippen molar-refractivity contribution < 1.29 is 31.9 Å². The highest BCUT2D eigenvalue weighted by Gasteiger charge is 2.51. The van der Waals surface area contributed by atoms with Gasteiger partial charge in [0.1, 0.15) is 11.6 Å². The molecule has 1 spiro atoms. The van der Waals surface area contributed by atoms with Gasteiger partial charge in [0.15, 0.2) is 0 Å². The van der Waals surface area contributed by atoms with E-state index in [-0.39, 0.29) is 29.5 Å². The van der Waals surface area contributed by atoms with Crippen LogP contribution in [0.5, 0.6) is 5.75 Å². The van der Waals surface area contributed by atoms with Crippen LogP contribution in [0.1, 0.15) is 24.8 Å². The molecule has 12 heteroatoms. The van der Waals surface area contributed by atoms with Crippen LogP contribution in [0.4, 0.5) is 28.0 Å². The highest BCUT2D eigenvalue weighted by atomic mass is 32.2. The minimum atomic E-state index is -4.79. The Morgan fingerprint density at radius 3 is 2.38 bits per heavy atom. The number of rotatable bonds is 7. The van der Waals surface area contributed by atoms with Crippen molar-refractivity contribution in [1.29, 1.82) is 0 Å². The van der Waals surface area contributed by atoms with E-state index in [1.807, 2.05) is 11.2 Å².